The summed E-state index contributed by atoms with van der Waals surface area (Å²) in [5, 5.41) is 7.10. The zero-order valence-corrected chi connectivity index (χ0v) is 12.4. The quantitative estimate of drug-likeness (QED) is 0.772. The Kier molecular flexibility index (Phi) is 4.04. The number of anilines is 1. The van der Waals surface area contributed by atoms with E-state index in [4.69, 9.17) is 4.52 Å². The lowest BCUT2D eigenvalue weighted by Gasteiger charge is -2.13. The van der Waals surface area contributed by atoms with Crippen LogP contribution < -0.4 is 5.32 Å². The summed E-state index contributed by atoms with van der Waals surface area (Å²) in [6.07, 6.45) is 7.62. The van der Waals surface area contributed by atoms with Crippen LogP contribution >= 0.6 is 0 Å². The van der Waals surface area contributed by atoms with Crippen molar-refractivity contribution in [2.45, 2.75) is 26.3 Å². The van der Waals surface area contributed by atoms with E-state index in [1.807, 2.05) is 12.1 Å². The fraction of sp³-hybridized carbons (Fsp3) is 0.267. The fourth-order valence-corrected chi connectivity index (χ4v) is 2.07. The second-order valence-corrected chi connectivity index (χ2v) is 5.03. The summed E-state index contributed by atoms with van der Waals surface area (Å²) >= 11 is 0. The average Bonchev–Trinajstić information content (AvgIpc) is 2.95. The Labute approximate surface area is 127 Å². The molecule has 1 atom stereocenters. The van der Waals surface area contributed by atoms with Crippen LogP contribution in [0, 0.1) is 6.92 Å². The minimum Gasteiger partial charge on any atom is -0.367 e. The first-order valence-corrected chi connectivity index (χ1v) is 6.99. The van der Waals surface area contributed by atoms with Crippen LogP contribution in [0.3, 0.4) is 0 Å². The number of aryl methyl sites for hydroxylation is 1. The highest BCUT2D eigenvalue weighted by atomic mass is 16.5. The predicted octanol–water partition coefficient (Wildman–Crippen LogP) is 2.27. The number of pyridine rings is 1. The summed E-state index contributed by atoms with van der Waals surface area (Å²) in [6, 6.07) is 3.99. The number of nitrogens with zero attached hydrogens (tertiary/aromatic N) is 5. The van der Waals surface area contributed by atoms with Crippen LogP contribution in [0.15, 0.2) is 41.4 Å². The Morgan fingerprint density at radius 3 is 2.73 bits per heavy atom. The molecule has 0 unspecified atom stereocenters. The Hall–Kier alpha value is -2.83. The number of hydrogen-bond acceptors (Lipinski definition) is 7. The minimum absolute atomic E-state index is 0.195. The van der Waals surface area contributed by atoms with Gasteiger partial charge in [-0.1, -0.05) is 5.16 Å². The van der Waals surface area contributed by atoms with Crippen LogP contribution in [0.1, 0.15) is 18.4 Å². The van der Waals surface area contributed by atoms with Gasteiger partial charge in [-0.3, -0.25) is 9.97 Å². The van der Waals surface area contributed by atoms with Gasteiger partial charge in [-0.2, -0.15) is 4.98 Å². The van der Waals surface area contributed by atoms with E-state index in [-0.39, 0.29) is 6.04 Å². The highest BCUT2D eigenvalue weighted by molar-refractivity contribution is 5.54. The summed E-state index contributed by atoms with van der Waals surface area (Å²) in [5.41, 5.74) is 1.74. The van der Waals surface area contributed by atoms with Crippen molar-refractivity contribution in [2.75, 3.05) is 5.32 Å². The second kappa shape index (κ2) is 6.30. The van der Waals surface area contributed by atoms with Gasteiger partial charge in [-0.05, 0) is 26.0 Å². The van der Waals surface area contributed by atoms with Crippen LogP contribution in [0.2, 0.25) is 0 Å². The van der Waals surface area contributed by atoms with E-state index in [0.29, 0.717) is 11.7 Å². The molecular formula is C15H16N6O. The Morgan fingerprint density at radius 1 is 1.18 bits per heavy atom. The lowest BCUT2D eigenvalue weighted by molar-refractivity contribution is 0.425. The van der Waals surface area contributed by atoms with Crippen molar-refractivity contribution in [3.05, 3.63) is 48.4 Å². The molecule has 1 N–H and O–H groups in total. The van der Waals surface area contributed by atoms with Gasteiger partial charge in [0.15, 0.2) is 5.82 Å². The smallest absolute Gasteiger partial charge is 0.259 e. The summed E-state index contributed by atoms with van der Waals surface area (Å²) in [4.78, 5) is 16.9. The van der Waals surface area contributed by atoms with E-state index in [1.54, 1.807) is 31.7 Å². The summed E-state index contributed by atoms with van der Waals surface area (Å²) in [7, 11) is 0. The Balaban J connectivity index is 1.63. The molecule has 3 aromatic rings. The molecule has 7 nitrogen and oxygen atoms in total. The van der Waals surface area contributed by atoms with Gasteiger partial charge in [0.05, 0.1) is 11.3 Å². The van der Waals surface area contributed by atoms with Gasteiger partial charge in [0.1, 0.15) is 5.82 Å². The molecule has 0 bridgehead atoms. The van der Waals surface area contributed by atoms with Crippen molar-refractivity contribution in [2.24, 2.45) is 0 Å². The van der Waals surface area contributed by atoms with Gasteiger partial charge in [0.2, 0.25) is 0 Å². The van der Waals surface area contributed by atoms with Gasteiger partial charge < -0.3 is 9.84 Å². The maximum absolute atomic E-state index is 5.11. The van der Waals surface area contributed by atoms with Crippen LogP contribution in [0.25, 0.3) is 11.5 Å². The van der Waals surface area contributed by atoms with Crippen molar-refractivity contribution in [1.82, 2.24) is 25.1 Å². The minimum atomic E-state index is 0.195. The predicted molar refractivity (Wildman–Crippen MR) is 81.1 cm³/mol. The molecule has 3 rings (SSSR count). The first-order chi connectivity index (χ1) is 10.7. The van der Waals surface area contributed by atoms with Gasteiger partial charge in [0.25, 0.3) is 5.89 Å². The average molecular weight is 296 g/mol. The van der Waals surface area contributed by atoms with Crippen LogP contribution in [0.5, 0.6) is 0 Å². The second-order valence-electron chi connectivity index (χ2n) is 5.03. The van der Waals surface area contributed by atoms with Crippen molar-refractivity contribution < 1.29 is 4.52 Å². The molecule has 7 heteroatoms. The highest BCUT2D eigenvalue weighted by Crippen LogP contribution is 2.17. The molecule has 3 heterocycles. The molecule has 112 valence electrons. The topological polar surface area (TPSA) is 89.6 Å². The fourth-order valence-electron chi connectivity index (χ4n) is 2.07. The molecule has 0 fully saturated rings. The van der Waals surface area contributed by atoms with Crippen molar-refractivity contribution >= 4 is 5.82 Å². The lowest BCUT2D eigenvalue weighted by atomic mass is 10.2. The van der Waals surface area contributed by atoms with Gasteiger partial charge in [-0.15, -0.1) is 0 Å². The summed E-state index contributed by atoms with van der Waals surface area (Å²) < 4.78 is 5.11. The molecule has 0 spiro atoms. The molecule has 0 amide bonds. The normalized spacial score (nSPS) is 12.1. The third kappa shape index (κ3) is 3.43. The first kappa shape index (κ1) is 14.1. The molecule has 0 aliphatic rings. The van der Waals surface area contributed by atoms with Gasteiger partial charge >= 0.3 is 0 Å². The molecule has 0 radical (unpaired) electrons. The Morgan fingerprint density at radius 2 is 2.09 bits per heavy atom. The number of aromatic nitrogens is 5. The van der Waals surface area contributed by atoms with Gasteiger partial charge in [-0.25, -0.2) is 4.98 Å². The zero-order chi connectivity index (χ0) is 15.4. The molecule has 22 heavy (non-hydrogen) atoms. The number of hydrogen-bond donors (Lipinski definition) is 1. The monoisotopic (exact) mass is 296 g/mol. The number of rotatable bonds is 5. The van der Waals surface area contributed by atoms with E-state index in [1.165, 1.54) is 0 Å². The van der Waals surface area contributed by atoms with E-state index in [9.17, 15) is 0 Å². The maximum atomic E-state index is 5.11. The van der Waals surface area contributed by atoms with E-state index in [2.05, 4.69) is 37.3 Å². The molecule has 0 aliphatic carbocycles. The molecule has 0 saturated heterocycles. The summed E-state index contributed by atoms with van der Waals surface area (Å²) in [6.45, 7) is 3.86. The lowest BCUT2D eigenvalue weighted by Crippen LogP contribution is -2.19. The maximum Gasteiger partial charge on any atom is 0.259 e. The molecule has 0 aliphatic heterocycles. The first-order valence-electron chi connectivity index (χ1n) is 6.99. The molecule has 3 aromatic heterocycles. The summed E-state index contributed by atoms with van der Waals surface area (Å²) in [5.74, 6) is 1.87. The largest absolute Gasteiger partial charge is 0.367 e. The van der Waals surface area contributed by atoms with Crippen molar-refractivity contribution in [3.8, 4) is 11.5 Å². The molecule has 0 saturated carbocycles. The van der Waals surface area contributed by atoms with E-state index < -0.39 is 0 Å². The van der Waals surface area contributed by atoms with Crippen LogP contribution in [0.4, 0.5) is 5.82 Å². The molecule has 0 aromatic carbocycles. The van der Waals surface area contributed by atoms with Crippen molar-refractivity contribution in [1.29, 1.82) is 0 Å². The van der Waals surface area contributed by atoms with E-state index in [0.717, 1.165) is 23.5 Å². The SMILES string of the molecule is Cc1noc(-c2ccc(N[C@H](C)Cc3cnccn3)nc2)n1. The van der Waals surface area contributed by atoms with Crippen LogP contribution in [-0.4, -0.2) is 31.1 Å². The highest BCUT2D eigenvalue weighted by Gasteiger charge is 2.08. The van der Waals surface area contributed by atoms with Crippen molar-refractivity contribution in [3.63, 3.8) is 0 Å². The molecular weight excluding hydrogens is 280 g/mol. The standard InChI is InChI=1S/C15H16N6O/c1-10(7-13-9-16-5-6-17-13)19-14-4-3-12(8-18-14)15-20-11(2)21-22-15/h3-6,8-10H,7H2,1-2H3,(H,18,19)/t10-/m1/s1. The third-order valence-corrected chi connectivity index (χ3v) is 3.06. The van der Waals surface area contributed by atoms with Crippen LogP contribution in [-0.2, 0) is 6.42 Å². The third-order valence-electron chi connectivity index (χ3n) is 3.06. The number of nitrogens with one attached hydrogen (secondary N) is 1. The Bertz CT molecular complexity index is 725. The van der Waals surface area contributed by atoms with E-state index >= 15 is 0 Å². The zero-order valence-electron chi connectivity index (χ0n) is 12.4. The van der Waals surface area contributed by atoms with Gasteiger partial charge in [0, 0.05) is 37.3 Å².